The summed E-state index contributed by atoms with van der Waals surface area (Å²) < 4.78 is 39.2. The molecule has 1 aromatic carbocycles. The average Bonchev–Trinajstić information content (AvgIpc) is 3.28. The van der Waals surface area contributed by atoms with Crippen LogP contribution in [0, 0.1) is 0 Å². The number of aliphatic hydroxyl groups excluding tert-OH is 1. The molecule has 0 aliphatic carbocycles. The first-order chi connectivity index (χ1) is 17.4. The van der Waals surface area contributed by atoms with E-state index in [1.54, 1.807) is 12.1 Å². The molecule has 0 amide bonds. The van der Waals surface area contributed by atoms with Crippen molar-refractivity contribution in [3.05, 3.63) is 47.0 Å². The first kappa shape index (κ1) is 25.0. The normalized spacial score (nSPS) is 40.9. The average molecular weight is 565 g/mol. The van der Waals surface area contributed by atoms with Crippen LogP contribution in [-0.2, 0) is 28.4 Å². The van der Waals surface area contributed by atoms with Gasteiger partial charge in [-0.05, 0) is 42.3 Å². The monoisotopic (exact) mass is 564 g/mol. The van der Waals surface area contributed by atoms with Crippen molar-refractivity contribution in [2.75, 3.05) is 6.61 Å². The fourth-order valence-electron chi connectivity index (χ4n) is 6.46. The summed E-state index contributed by atoms with van der Waals surface area (Å²) in [7, 11) is 0. The van der Waals surface area contributed by atoms with Crippen LogP contribution in [0.25, 0.3) is 0 Å². The van der Waals surface area contributed by atoms with Gasteiger partial charge in [0.25, 0.3) is 0 Å². The standard InChI is InChI=1S/C27H33BrO8/c1-15(28)13-18(32-26(30)16-5-3-2-4-6-16)9-11-27-14-20-22(35-27)23-24(34-20)25(36-27)21-19(33-23)8-7-17(31-21)10-12-29/h2-6,17-25,29H,1,7-14H2/t17-,18+,19+,20-,21+,22+,23+,24-,25?,27+/m1/s1. The highest BCUT2D eigenvalue weighted by molar-refractivity contribution is 9.11. The second-order valence-electron chi connectivity index (χ2n) is 10.5. The van der Waals surface area contributed by atoms with Crippen LogP contribution in [-0.4, -0.2) is 78.4 Å². The number of fused-ring (bicyclic) bond motifs is 1. The molecule has 10 atom stereocenters. The molecular formula is C27H33BrO8. The van der Waals surface area contributed by atoms with Crippen molar-refractivity contribution in [3.8, 4) is 0 Å². The zero-order chi connectivity index (χ0) is 24.9. The van der Waals surface area contributed by atoms with E-state index in [0.29, 0.717) is 37.7 Å². The maximum Gasteiger partial charge on any atom is 0.338 e. The minimum atomic E-state index is -0.847. The third-order valence-corrected chi connectivity index (χ3v) is 8.38. The molecule has 6 heterocycles. The lowest BCUT2D eigenvalue weighted by Gasteiger charge is -2.47. The number of halogens is 1. The second kappa shape index (κ2) is 10.1. The van der Waals surface area contributed by atoms with Gasteiger partial charge in [0, 0.05) is 25.9 Å². The van der Waals surface area contributed by atoms with Crippen LogP contribution >= 0.6 is 15.9 Å². The van der Waals surface area contributed by atoms with Gasteiger partial charge in [0.1, 0.15) is 36.6 Å². The summed E-state index contributed by atoms with van der Waals surface area (Å²) in [4.78, 5) is 12.7. The van der Waals surface area contributed by atoms with Crippen LogP contribution in [0.1, 0.15) is 55.3 Å². The minimum absolute atomic E-state index is 0.0148. The maximum atomic E-state index is 12.7. The summed E-state index contributed by atoms with van der Waals surface area (Å²) in [6, 6.07) is 8.99. The summed E-state index contributed by atoms with van der Waals surface area (Å²) in [6.45, 7) is 4.05. The van der Waals surface area contributed by atoms with Gasteiger partial charge in [-0.3, -0.25) is 0 Å². The van der Waals surface area contributed by atoms with Gasteiger partial charge in [-0.1, -0.05) is 40.7 Å². The van der Waals surface area contributed by atoms with Gasteiger partial charge in [-0.15, -0.1) is 0 Å². The molecule has 6 aliphatic heterocycles. The Morgan fingerprint density at radius 1 is 1.06 bits per heavy atom. The topological polar surface area (TPSA) is 92.7 Å². The Hall–Kier alpha value is -1.33. The Morgan fingerprint density at radius 3 is 2.58 bits per heavy atom. The fraction of sp³-hybridized carbons (Fsp3) is 0.667. The Kier molecular flexibility index (Phi) is 7.00. The van der Waals surface area contributed by atoms with Gasteiger partial charge in [0.15, 0.2) is 5.79 Å². The third-order valence-electron chi connectivity index (χ3n) is 8.06. The van der Waals surface area contributed by atoms with Crippen LogP contribution in [0.4, 0.5) is 0 Å². The van der Waals surface area contributed by atoms with Crippen molar-refractivity contribution in [2.24, 2.45) is 0 Å². The summed E-state index contributed by atoms with van der Waals surface area (Å²) in [5.74, 6) is -1.21. The zero-order valence-corrected chi connectivity index (χ0v) is 21.7. The number of carbonyl (C=O) groups excluding carboxylic acids is 1. The van der Waals surface area contributed by atoms with Crippen molar-refractivity contribution in [1.82, 2.24) is 0 Å². The van der Waals surface area contributed by atoms with Crippen molar-refractivity contribution >= 4 is 21.9 Å². The number of hydrogen-bond donors (Lipinski definition) is 1. The van der Waals surface area contributed by atoms with E-state index in [1.807, 2.05) is 18.2 Å². The quantitative estimate of drug-likeness (QED) is 0.454. The van der Waals surface area contributed by atoms with Gasteiger partial charge >= 0.3 is 5.97 Å². The molecule has 6 fully saturated rings. The van der Waals surface area contributed by atoms with Crippen molar-refractivity contribution in [3.63, 3.8) is 0 Å². The number of carbonyl (C=O) groups is 1. The smallest absolute Gasteiger partial charge is 0.338 e. The summed E-state index contributed by atoms with van der Waals surface area (Å²) in [5.41, 5.74) is 0.516. The molecule has 0 aromatic heterocycles. The van der Waals surface area contributed by atoms with E-state index in [4.69, 9.17) is 28.4 Å². The van der Waals surface area contributed by atoms with Gasteiger partial charge < -0.3 is 33.5 Å². The molecule has 1 aromatic rings. The van der Waals surface area contributed by atoms with Gasteiger partial charge in [-0.25, -0.2) is 4.79 Å². The predicted molar refractivity (Wildman–Crippen MR) is 132 cm³/mol. The Labute approximate surface area is 219 Å². The van der Waals surface area contributed by atoms with Crippen LogP contribution in [0.3, 0.4) is 0 Å². The Morgan fingerprint density at radius 2 is 1.81 bits per heavy atom. The summed E-state index contributed by atoms with van der Waals surface area (Å²) in [5, 5.41) is 9.42. The summed E-state index contributed by atoms with van der Waals surface area (Å²) >= 11 is 3.43. The van der Waals surface area contributed by atoms with E-state index in [9.17, 15) is 9.90 Å². The van der Waals surface area contributed by atoms with E-state index < -0.39 is 5.79 Å². The lowest BCUT2D eigenvalue weighted by Crippen LogP contribution is -2.61. The number of benzene rings is 1. The molecule has 0 radical (unpaired) electrons. The molecule has 8 nitrogen and oxygen atoms in total. The van der Waals surface area contributed by atoms with E-state index in [0.717, 1.165) is 17.3 Å². The first-order valence-corrected chi connectivity index (χ1v) is 13.8. The van der Waals surface area contributed by atoms with E-state index in [1.165, 1.54) is 0 Å². The van der Waals surface area contributed by atoms with Crippen LogP contribution < -0.4 is 0 Å². The molecule has 9 heteroatoms. The largest absolute Gasteiger partial charge is 0.458 e. The molecular weight excluding hydrogens is 532 g/mol. The molecule has 0 saturated carbocycles. The highest BCUT2D eigenvalue weighted by atomic mass is 79.9. The molecule has 36 heavy (non-hydrogen) atoms. The highest BCUT2D eigenvalue weighted by Crippen LogP contribution is 2.54. The fourth-order valence-corrected chi connectivity index (χ4v) is 6.82. The Balaban J connectivity index is 1.18. The lowest BCUT2D eigenvalue weighted by atomic mass is 9.87. The number of aliphatic hydroxyl groups is 1. The predicted octanol–water partition coefficient (Wildman–Crippen LogP) is 3.64. The van der Waals surface area contributed by atoms with Gasteiger partial charge in [0.05, 0.1) is 23.9 Å². The molecule has 1 N–H and O–H groups in total. The Bertz CT molecular complexity index is 974. The van der Waals surface area contributed by atoms with E-state index >= 15 is 0 Å². The van der Waals surface area contributed by atoms with E-state index in [2.05, 4.69) is 22.5 Å². The molecule has 0 spiro atoms. The SMILES string of the molecule is C=C(Br)C[C@H](CC[C@@]12C[C@H]3O[C@H]4C(O1)[C@H]1O[C@@H](CCO)CC[C@@H]1O[C@H]4[C@H]3O2)OC(=O)c1ccccc1. The van der Waals surface area contributed by atoms with Gasteiger partial charge in [0.2, 0.25) is 0 Å². The van der Waals surface area contributed by atoms with Crippen LogP contribution in [0.15, 0.2) is 41.4 Å². The third kappa shape index (κ3) is 4.68. The molecule has 6 saturated heterocycles. The zero-order valence-electron chi connectivity index (χ0n) is 20.1. The first-order valence-electron chi connectivity index (χ1n) is 13.0. The lowest BCUT2D eigenvalue weighted by molar-refractivity contribution is -0.293. The number of esters is 1. The van der Waals surface area contributed by atoms with Crippen LogP contribution in [0.5, 0.6) is 0 Å². The minimum Gasteiger partial charge on any atom is -0.458 e. The van der Waals surface area contributed by atoms with Crippen molar-refractivity contribution < 1.29 is 38.3 Å². The molecule has 196 valence electrons. The second-order valence-corrected chi connectivity index (χ2v) is 11.6. The van der Waals surface area contributed by atoms with Crippen LogP contribution in [0.2, 0.25) is 0 Å². The maximum absolute atomic E-state index is 12.7. The van der Waals surface area contributed by atoms with Crippen molar-refractivity contribution in [1.29, 1.82) is 0 Å². The van der Waals surface area contributed by atoms with Gasteiger partial charge in [-0.2, -0.15) is 0 Å². The summed E-state index contributed by atoms with van der Waals surface area (Å²) in [6.07, 6.45) is 2.84. The molecule has 6 bridgehead atoms. The van der Waals surface area contributed by atoms with Crippen molar-refractivity contribution in [2.45, 2.75) is 106 Å². The number of rotatable bonds is 9. The molecule has 6 aliphatic rings. The number of hydrogen-bond acceptors (Lipinski definition) is 8. The molecule has 7 rings (SSSR count). The van der Waals surface area contributed by atoms with E-state index in [-0.39, 0.29) is 67.5 Å². The molecule has 1 unspecified atom stereocenters. The number of ether oxygens (including phenoxy) is 6. The highest BCUT2D eigenvalue weighted by Gasteiger charge is 2.68.